The number of aliphatic hydroxyl groups is 1. The standard InChI is InChI=1S/C11H25NO/c1-7-12(8-2)10(4)9(3)11(5,6)13/h9-10,13H,7-8H2,1-6H3. The fourth-order valence-electron chi connectivity index (χ4n) is 1.71. The van der Waals surface area contributed by atoms with E-state index >= 15 is 0 Å². The first kappa shape index (κ1) is 12.9. The van der Waals surface area contributed by atoms with Gasteiger partial charge < -0.3 is 10.0 Å². The molecule has 1 N–H and O–H groups in total. The summed E-state index contributed by atoms with van der Waals surface area (Å²) < 4.78 is 0. The van der Waals surface area contributed by atoms with Crippen LogP contribution in [0.5, 0.6) is 0 Å². The van der Waals surface area contributed by atoms with Crippen LogP contribution in [0.4, 0.5) is 0 Å². The summed E-state index contributed by atoms with van der Waals surface area (Å²) in [5.41, 5.74) is -0.581. The molecule has 0 bridgehead atoms. The lowest BCUT2D eigenvalue weighted by Gasteiger charge is -2.37. The highest BCUT2D eigenvalue weighted by Crippen LogP contribution is 2.22. The summed E-state index contributed by atoms with van der Waals surface area (Å²) in [6, 6.07) is 0.440. The average Bonchev–Trinajstić information content (AvgIpc) is 2.03. The molecule has 0 aromatic heterocycles. The van der Waals surface area contributed by atoms with Crippen molar-refractivity contribution in [2.45, 2.75) is 53.2 Å². The van der Waals surface area contributed by atoms with Crippen LogP contribution in [0.15, 0.2) is 0 Å². The third-order valence-corrected chi connectivity index (χ3v) is 3.23. The van der Waals surface area contributed by atoms with Crippen molar-refractivity contribution in [2.24, 2.45) is 5.92 Å². The van der Waals surface area contributed by atoms with Crippen LogP contribution in [0.2, 0.25) is 0 Å². The average molecular weight is 187 g/mol. The molecular formula is C11H25NO. The molecule has 0 aromatic rings. The normalized spacial score (nSPS) is 17.5. The summed E-state index contributed by atoms with van der Waals surface area (Å²) in [4.78, 5) is 2.38. The van der Waals surface area contributed by atoms with E-state index < -0.39 is 5.60 Å². The van der Waals surface area contributed by atoms with E-state index in [1.54, 1.807) is 0 Å². The highest BCUT2D eigenvalue weighted by molar-refractivity contribution is 4.82. The largest absolute Gasteiger partial charge is 0.390 e. The molecule has 0 heterocycles. The van der Waals surface area contributed by atoms with Gasteiger partial charge in [-0.25, -0.2) is 0 Å². The smallest absolute Gasteiger partial charge is 0.0631 e. The Kier molecular flexibility index (Phi) is 4.93. The van der Waals surface area contributed by atoms with Crippen LogP contribution in [0.3, 0.4) is 0 Å². The van der Waals surface area contributed by atoms with E-state index in [9.17, 15) is 5.11 Å². The first-order valence-corrected chi connectivity index (χ1v) is 5.31. The van der Waals surface area contributed by atoms with Crippen LogP contribution in [0.25, 0.3) is 0 Å². The maximum Gasteiger partial charge on any atom is 0.0631 e. The van der Waals surface area contributed by atoms with Crippen LogP contribution in [0.1, 0.15) is 41.5 Å². The van der Waals surface area contributed by atoms with Crippen molar-refractivity contribution in [3.8, 4) is 0 Å². The van der Waals surface area contributed by atoms with Crippen LogP contribution >= 0.6 is 0 Å². The zero-order chi connectivity index (χ0) is 10.6. The van der Waals surface area contributed by atoms with Gasteiger partial charge in [0.05, 0.1) is 5.60 Å². The molecule has 0 aliphatic rings. The quantitative estimate of drug-likeness (QED) is 0.712. The van der Waals surface area contributed by atoms with E-state index in [0.29, 0.717) is 12.0 Å². The molecule has 2 heteroatoms. The summed E-state index contributed by atoms with van der Waals surface area (Å²) in [5.74, 6) is 0.299. The number of hydrogen-bond donors (Lipinski definition) is 1. The van der Waals surface area contributed by atoms with Gasteiger partial charge in [-0.15, -0.1) is 0 Å². The second-order valence-corrected chi connectivity index (χ2v) is 4.40. The molecular weight excluding hydrogens is 162 g/mol. The molecule has 13 heavy (non-hydrogen) atoms. The predicted molar refractivity (Wildman–Crippen MR) is 57.8 cm³/mol. The molecule has 0 aliphatic carbocycles. The van der Waals surface area contributed by atoms with E-state index in [0.717, 1.165) is 13.1 Å². The van der Waals surface area contributed by atoms with Crippen LogP contribution < -0.4 is 0 Å². The van der Waals surface area contributed by atoms with Gasteiger partial charge in [0.2, 0.25) is 0 Å². The van der Waals surface area contributed by atoms with Gasteiger partial charge in [0.1, 0.15) is 0 Å². The second kappa shape index (κ2) is 4.97. The Morgan fingerprint density at radius 1 is 1.15 bits per heavy atom. The Morgan fingerprint density at radius 3 is 1.77 bits per heavy atom. The number of hydrogen-bond acceptors (Lipinski definition) is 2. The van der Waals surface area contributed by atoms with Crippen molar-refractivity contribution in [3.05, 3.63) is 0 Å². The highest BCUT2D eigenvalue weighted by Gasteiger charge is 2.29. The van der Waals surface area contributed by atoms with Crippen LogP contribution in [-0.4, -0.2) is 34.7 Å². The van der Waals surface area contributed by atoms with Gasteiger partial charge in [0.15, 0.2) is 0 Å². The minimum Gasteiger partial charge on any atom is -0.390 e. The van der Waals surface area contributed by atoms with E-state index in [-0.39, 0.29) is 0 Å². The van der Waals surface area contributed by atoms with Crippen molar-refractivity contribution in [1.29, 1.82) is 0 Å². The molecule has 0 aromatic carbocycles. The lowest BCUT2D eigenvalue weighted by atomic mass is 9.86. The molecule has 0 spiro atoms. The number of rotatable bonds is 5. The Labute approximate surface area is 82.9 Å². The van der Waals surface area contributed by atoms with E-state index in [1.807, 2.05) is 13.8 Å². The Hall–Kier alpha value is -0.0800. The molecule has 0 rings (SSSR count). The van der Waals surface area contributed by atoms with Gasteiger partial charge in [0.25, 0.3) is 0 Å². The second-order valence-electron chi connectivity index (χ2n) is 4.40. The van der Waals surface area contributed by atoms with Gasteiger partial charge in [-0.3, -0.25) is 0 Å². The summed E-state index contributed by atoms with van der Waals surface area (Å²) in [6.45, 7) is 14.5. The molecule has 0 radical (unpaired) electrons. The Balaban J connectivity index is 4.31. The minimum absolute atomic E-state index is 0.299. The van der Waals surface area contributed by atoms with Crippen LogP contribution in [0, 0.1) is 5.92 Å². The van der Waals surface area contributed by atoms with E-state index in [2.05, 4.69) is 32.6 Å². The zero-order valence-electron chi connectivity index (χ0n) is 9.96. The first-order chi connectivity index (χ1) is 5.84. The third-order valence-electron chi connectivity index (χ3n) is 3.23. The van der Waals surface area contributed by atoms with E-state index in [4.69, 9.17) is 0 Å². The van der Waals surface area contributed by atoms with Gasteiger partial charge in [-0.2, -0.15) is 0 Å². The Morgan fingerprint density at radius 2 is 1.54 bits per heavy atom. The molecule has 0 saturated carbocycles. The SMILES string of the molecule is CCN(CC)C(C)C(C)C(C)(C)O. The maximum absolute atomic E-state index is 9.87. The molecule has 0 aliphatic heterocycles. The molecule has 0 fully saturated rings. The Bertz CT molecular complexity index is 136. The van der Waals surface area contributed by atoms with Crippen molar-refractivity contribution in [2.75, 3.05) is 13.1 Å². The lowest BCUT2D eigenvalue weighted by molar-refractivity contribution is -0.0138. The molecule has 0 amide bonds. The summed E-state index contributed by atoms with van der Waals surface area (Å²) in [6.07, 6.45) is 0. The van der Waals surface area contributed by atoms with Crippen molar-refractivity contribution >= 4 is 0 Å². The van der Waals surface area contributed by atoms with Crippen molar-refractivity contribution < 1.29 is 5.11 Å². The highest BCUT2D eigenvalue weighted by atomic mass is 16.3. The van der Waals surface area contributed by atoms with Gasteiger partial charge in [0, 0.05) is 6.04 Å². The van der Waals surface area contributed by atoms with Gasteiger partial charge >= 0.3 is 0 Å². The third kappa shape index (κ3) is 3.65. The van der Waals surface area contributed by atoms with E-state index in [1.165, 1.54) is 0 Å². The summed E-state index contributed by atoms with van der Waals surface area (Å²) in [5, 5.41) is 9.87. The van der Waals surface area contributed by atoms with Gasteiger partial charge in [-0.1, -0.05) is 20.8 Å². The fraction of sp³-hybridized carbons (Fsp3) is 1.00. The maximum atomic E-state index is 9.87. The molecule has 2 nitrogen and oxygen atoms in total. The van der Waals surface area contributed by atoms with Crippen molar-refractivity contribution in [1.82, 2.24) is 4.90 Å². The summed E-state index contributed by atoms with van der Waals surface area (Å²) in [7, 11) is 0. The molecule has 2 atom stereocenters. The minimum atomic E-state index is -0.581. The fourth-order valence-corrected chi connectivity index (χ4v) is 1.71. The molecule has 80 valence electrons. The summed E-state index contributed by atoms with van der Waals surface area (Å²) >= 11 is 0. The lowest BCUT2D eigenvalue weighted by Crippen LogP contribution is -2.45. The zero-order valence-corrected chi connectivity index (χ0v) is 9.96. The topological polar surface area (TPSA) is 23.5 Å². The molecule has 0 saturated heterocycles. The first-order valence-electron chi connectivity index (χ1n) is 5.31. The van der Waals surface area contributed by atoms with Crippen LogP contribution in [-0.2, 0) is 0 Å². The van der Waals surface area contributed by atoms with Crippen molar-refractivity contribution in [3.63, 3.8) is 0 Å². The molecule has 2 unspecified atom stereocenters. The number of nitrogens with zero attached hydrogens (tertiary/aromatic N) is 1. The predicted octanol–water partition coefficient (Wildman–Crippen LogP) is 2.12. The van der Waals surface area contributed by atoms with Gasteiger partial charge in [-0.05, 0) is 39.8 Å². The monoisotopic (exact) mass is 187 g/mol.